The second kappa shape index (κ2) is 35.8. The number of nitrogens with two attached hydrogens (primary N) is 4. The standard InChI is InChI=1S/C55H83N17O21S3/c1-20-33(69-46(72-44(20)58)25(12-31(57)76)64-13-24(56)45(59)82)50(86)71-35(41(26-14-61-19-65-26)91-54-43(39(80)37(78)29(15-73)90-54)92-53-40(81)42(93-55(60)88)38(79)30(16-74)89-53)51(87)66-22(3)36(77)21(2)47(83)70-34(23(4)75)49(85)63-10-8-32-67-28(18-94-32)52-68-27(17-95-52)48(84)62-9-7-11-96(5)6/h14,17-19,21-25,29-30,34-43,53-54,64,73-75,77-81H,7-13,15-16,56H2,1-6H3,(H13-,57,58,59,60,61,62,63,65,66,69,70,71,72,76,82,83,84,85,86,87,88)/p+2/t21-,22+,23+,24-,25-,29-,30+,34-,35-,36-,37+,38+,39-,40-,41-,42-,43-,53+,54-/m0/s1. The molecule has 0 unspecified atom stereocenters. The molecule has 2 fully saturated rings. The highest BCUT2D eigenvalue weighted by atomic mass is 32.2. The van der Waals surface area contributed by atoms with Crippen LogP contribution >= 0.6 is 22.7 Å². The number of aromatic amines is 1. The van der Waals surface area contributed by atoms with Gasteiger partial charge in [-0.2, -0.15) is 0 Å². The first kappa shape index (κ1) is 77.7. The molecule has 0 radical (unpaired) electrons. The maximum Gasteiger partial charge on any atom is 0.404 e. The number of hydrogen-bond acceptors (Lipinski definition) is 30. The highest BCUT2D eigenvalue weighted by molar-refractivity contribution is 7.95. The number of carbonyl (C=O) groups excluding carboxylic acids is 8. The van der Waals surface area contributed by atoms with Crippen molar-refractivity contribution >= 4 is 86.8 Å². The number of H-pyrrole nitrogens is 1. The van der Waals surface area contributed by atoms with E-state index in [1.807, 2.05) is 0 Å². The highest BCUT2D eigenvalue weighted by Crippen LogP contribution is 2.35. The number of imidazole rings is 1. The van der Waals surface area contributed by atoms with E-state index in [0.29, 0.717) is 22.3 Å². The minimum absolute atomic E-state index is 0.00292. The largest absolute Gasteiger partial charge is 0.441 e. The van der Waals surface area contributed by atoms with Gasteiger partial charge in [0.2, 0.25) is 23.6 Å². The number of aliphatic hydroxyl groups excluding tert-OH is 8. The van der Waals surface area contributed by atoms with E-state index >= 15 is 4.79 Å². The first-order valence-electron chi connectivity index (χ1n) is 29.9. The number of anilines is 1. The second-order valence-corrected chi connectivity index (χ2v) is 27.1. The number of quaternary nitrogens is 1. The van der Waals surface area contributed by atoms with Crippen LogP contribution in [0.25, 0.3) is 10.7 Å². The lowest BCUT2D eigenvalue weighted by Gasteiger charge is -2.47. The molecule has 0 spiro atoms. The van der Waals surface area contributed by atoms with E-state index in [0.717, 1.165) is 24.7 Å². The van der Waals surface area contributed by atoms with E-state index in [1.165, 1.54) is 50.4 Å². The number of rotatable bonds is 35. The number of nitrogen functional groups attached to an aromatic ring is 1. The van der Waals surface area contributed by atoms with Gasteiger partial charge in [0.1, 0.15) is 100 Å². The summed E-state index contributed by atoms with van der Waals surface area (Å²) in [5, 5.41) is 108. The zero-order valence-electron chi connectivity index (χ0n) is 53.0. The van der Waals surface area contributed by atoms with Crippen LogP contribution < -0.4 is 60.6 Å². The normalized spacial score (nSPS) is 24.0. The minimum atomic E-state index is -2.19. The van der Waals surface area contributed by atoms with Gasteiger partial charge in [-0.3, -0.25) is 33.6 Å². The Balaban J connectivity index is 1.26. The molecule has 4 aromatic heterocycles. The summed E-state index contributed by atoms with van der Waals surface area (Å²) in [6, 6.07) is -7.54. The predicted molar refractivity (Wildman–Crippen MR) is 337 cm³/mol. The minimum Gasteiger partial charge on any atom is -0.441 e. The molecule has 2 aliphatic heterocycles. The molecule has 6 rings (SSSR count). The van der Waals surface area contributed by atoms with Gasteiger partial charge in [0.25, 0.3) is 17.7 Å². The molecule has 0 saturated carbocycles. The van der Waals surface area contributed by atoms with Crippen molar-refractivity contribution in [2.75, 3.05) is 56.8 Å². The molecule has 96 heavy (non-hydrogen) atoms. The SMILES string of the molecule is Cc1c(N)nc([C@H](CC(N)=O)NC[C@H]([NH3+])C(N)=O)nc1C(=O)N[C@H](C(=O)N[C@H](C)[C@@H](O)[C@H](C)C(=O)N[C@H](C(=O)NCCc1nc(-c2nc(C(=O)NCCC[S+](C)C)cs2)cs1)[C@@H](C)O)[C@@H](O[C@@H]1O[C@@H](CO)[C@@H](O)[C@H](O)[C@@H]1O[C@H]1O[C@H](CO)[C@@H](O)[C@H](OC(N)=O)[C@@H]1O)c1cnc[nH]1. The van der Waals surface area contributed by atoms with Gasteiger partial charge in [0, 0.05) is 48.7 Å². The van der Waals surface area contributed by atoms with Gasteiger partial charge in [0.15, 0.2) is 24.7 Å². The van der Waals surface area contributed by atoms with Crippen LogP contribution in [0.15, 0.2) is 23.3 Å². The Hall–Kier alpha value is -7.30. The fraction of sp³-hybridized carbons (Fsp3) is 0.618. The van der Waals surface area contributed by atoms with E-state index in [-0.39, 0.29) is 64.9 Å². The van der Waals surface area contributed by atoms with Crippen molar-refractivity contribution in [3.05, 3.63) is 56.8 Å². The number of nitrogens with zero attached hydrogens (tertiary/aromatic N) is 5. The Labute approximate surface area is 559 Å². The molecule has 26 N–H and O–H groups in total. The van der Waals surface area contributed by atoms with Gasteiger partial charge < -0.3 is 130 Å². The fourth-order valence-electron chi connectivity index (χ4n) is 9.81. The summed E-state index contributed by atoms with van der Waals surface area (Å²) in [4.78, 5) is 131. The summed E-state index contributed by atoms with van der Waals surface area (Å²) in [7, 11) is 0.255. The maximum atomic E-state index is 15.2. The van der Waals surface area contributed by atoms with Crippen molar-refractivity contribution < 1.29 is 109 Å². The molecule has 38 nitrogen and oxygen atoms in total. The molecule has 0 aromatic carbocycles. The lowest BCUT2D eigenvalue weighted by atomic mass is 9.96. The van der Waals surface area contributed by atoms with Crippen molar-refractivity contribution in [3.8, 4) is 10.7 Å². The van der Waals surface area contributed by atoms with Crippen LogP contribution in [0.3, 0.4) is 0 Å². The molecule has 6 heterocycles. The third-order valence-electron chi connectivity index (χ3n) is 15.3. The quantitative estimate of drug-likeness (QED) is 0.0150. The second-order valence-electron chi connectivity index (χ2n) is 22.9. The van der Waals surface area contributed by atoms with Gasteiger partial charge in [-0.1, -0.05) is 6.92 Å². The fourth-order valence-corrected chi connectivity index (χ4v) is 12.2. The molecule has 2 aliphatic rings. The topological polar surface area (TPSA) is 629 Å². The van der Waals surface area contributed by atoms with Crippen molar-refractivity contribution in [1.82, 2.24) is 61.8 Å². The van der Waals surface area contributed by atoms with E-state index in [2.05, 4.69) is 80.0 Å². The predicted octanol–water partition coefficient (Wildman–Crippen LogP) is -8.42. The Morgan fingerprint density at radius 2 is 1.48 bits per heavy atom. The van der Waals surface area contributed by atoms with Crippen LogP contribution in [0.1, 0.15) is 88.8 Å². The van der Waals surface area contributed by atoms with Gasteiger partial charge >= 0.3 is 6.09 Å². The van der Waals surface area contributed by atoms with Crippen LogP contribution in [0, 0.1) is 12.8 Å². The number of aromatic nitrogens is 6. The van der Waals surface area contributed by atoms with Gasteiger partial charge in [-0.05, 0) is 31.7 Å². The number of amides is 8. The lowest BCUT2D eigenvalue weighted by Crippen LogP contribution is -2.70. The molecule has 4 aromatic rings. The molecular formula is C55H85N17O21S3+2. The van der Waals surface area contributed by atoms with E-state index < -0.39 is 183 Å². The Bertz CT molecular complexity index is 3280. The highest BCUT2D eigenvalue weighted by Gasteiger charge is 2.54. The molecule has 41 heteroatoms. The molecule has 8 amide bonds. The molecule has 2 saturated heterocycles. The average molecular weight is 1420 g/mol. The zero-order valence-corrected chi connectivity index (χ0v) is 55.5. The van der Waals surface area contributed by atoms with Crippen LogP contribution in [0.4, 0.5) is 10.6 Å². The van der Waals surface area contributed by atoms with Crippen LogP contribution in [0.5, 0.6) is 0 Å². The zero-order chi connectivity index (χ0) is 71.0. The number of thiazole rings is 2. The van der Waals surface area contributed by atoms with E-state index in [4.69, 9.17) is 46.6 Å². The van der Waals surface area contributed by atoms with Crippen molar-refractivity contribution in [2.45, 2.75) is 157 Å². The lowest BCUT2D eigenvalue weighted by molar-refractivity contribution is -0.401. The smallest absolute Gasteiger partial charge is 0.404 e. The van der Waals surface area contributed by atoms with Crippen molar-refractivity contribution in [3.63, 3.8) is 0 Å². The van der Waals surface area contributed by atoms with Crippen molar-refractivity contribution in [2.24, 2.45) is 23.1 Å². The van der Waals surface area contributed by atoms with Crippen LogP contribution in [-0.2, 0) is 65.0 Å². The van der Waals surface area contributed by atoms with Gasteiger partial charge in [-0.25, -0.2) is 29.7 Å². The summed E-state index contributed by atoms with van der Waals surface area (Å²) in [6.45, 7) is 3.32. The van der Waals surface area contributed by atoms with Gasteiger partial charge in [0.05, 0.1) is 85.7 Å². The number of hydrogen-bond donors (Lipinski definition) is 20. The summed E-state index contributed by atoms with van der Waals surface area (Å²) in [5.41, 5.74) is 26.0. The summed E-state index contributed by atoms with van der Waals surface area (Å²) in [6.07, 6.45) is -19.9. The summed E-state index contributed by atoms with van der Waals surface area (Å²) in [5.74, 6) is -7.48. The Morgan fingerprint density at radius 1 is 0.792 bits per heavy atom. The summed E-state index contributed by atoms with van der Waals surface area (Å²) >= 11 is 2.53. The first-order chi connectivity index (χ1) is 45.3. The van der Waals surface area contributed by atoms with Gasteiger partial charge in [-0.15, -0.1) is 22.7 Å². The number of aliphatic hydroxyl groups is 8. The number of ether oxygens (including phenoxy) is 5. The molecule has 19 atom stereocenters. The number of primary amides is 3. The number of nitrogens with one attached hydrogen (secondary N) is 7. The number of carbonyl (C=O) groups is 8. The van der Waals surface area contributed by atoms with Crippen molar-refractivity contribution in [1.29, 1.82) is 0 Å². The first-order valence-corrected chi connectivity index (χ1v) is 33.9. The van der Waals surface area contributed by atoms with Crippen LogP contribution in [-0.4, -0.2) is 267 Å². The molecule has 532 valence electrons. The Morgan fingerprint density at radius 3 is 2.10 bits per heavy atom. The molecule has 0 aliphatic carbocycles. The summed E-state index contributed by atoms with van der Waals surface area (Å²) < 4.78 is 28.8. The van der Waals surface area contributed by atoms with E-state index in [1.54, 1.807) is 10.8 Å². The molecular weight excluding hydrogens is 1330 g/mol. The maximum absolute atomic E-state index is 15.2. The Kier molecular flexibility index (Phi) is 29.0. The van der Waals surface area contributed by atoms with E-state index in [9.17, 15) is 74.4 Å². The molecule has 0 bridgehead atoms. The van der Waals surface area contributed by atoms with Crippen LogP contribution in [0.2, 0.25) is 0 Å². The average Bonchev–Trinajstić information content (AvgIpc) is 0.885. The third-order valence-corrected chi connectivity index (χ3v) is 18.2. The monoisotopic (exact) mass is 1420 g/mol. The third kappa shape index (κ3) is 20.6.